The fourth-order valence-electron chi connectivity index (χ4n) is 4.29. The van der Waals surface area contributed by atoms with Crippen LogP contribution in [0.4, 0.5) is 5.69 Å². The molecule has 4 rings (SSSR count). The molecule has 6 nitrogen and oxygen atoms in total. The molecule has 0 bridgehead atoms. The van der Waals surface area contributed by atoms with E-state index in [-0.39, 0.29) is 16.8 Å². The maximum atomic E-state index is 12.9. The molecular formula is C21H25N3O3S. The van der Waals surface area contributed by atoms with E-state index in [9.17, 15) is 13.2 Å². The van der Waals surface area contributed by atoms with Crippen molar-refractivity contribution in [1.82, 2.24) is 4.90 Å². The van der Waals surface area contributed by atoms with Crippen molar-refractivity contribution in [1.29, 1.82) is 0 Å². The lowest BCUT2D eigenvalue weighted by molar-refractivity contribution is 0.0779. The molecule has 1 saturated carbocycles. The normalized spacial score (nSPS) is 24.2. The lowest BCUT2D eigenvalue weighted by Gasteiger charge is -2.19. The van der Waals surface area contributed by atoms with Crippen LogP contribution < -0.4 is 10.5 Å². The summed E-state index contributed by atoms with van der Waals surface area (Å²) in [7, 11) is -3.77. The number of nitrogens with one attached hydrogen (secondary N) is 1. The number of likely N-dealkylation sites (tertiary alicyclic amines) is 1. The van der Waals surface area contributed by atoms with Gasteiger partial charge in [0.2, 0.25) is 0 Å². The van der Waals surface area contributed by atoms with Gasteiger partial charge in [-0.2, -0.15) is 0 Å². The van der Waals surface area contributed by atoms with Gasteiger partial charge in [-0.15, -0.1) is 0 Å². The first-order chi connectivity index (χ1) is 13.3. The average Bonchev–Trinajstić information content (AvgIpc) is 3.25. The molecule has 1 amide bonds. The van der Waals surface area contributed by atoms with Crippen molar-refractivity contribution in [2.45, 2.75) is 30.7 Å². The average molecular weight is 400 g/mol. The molecular weight excluding hydrogens is 374 g/mol. The summed E-state index contributed by atoms with van der Waals surface area (Å²) in [5, 5.41) is 0. The summed E-state index contributed by atoms with van der Waals surface area (Å²) in [5.74, 6) is 0.696. The summed E-state index contributed by atoms with van der Waals surface area (Å²) < 4.78 is 28.0. The van der Waals surface area contributed by atoms with E-state index in [0.717, 1.165) is 18.4 Å². The Morgan fingerprint density at radius 2 is 1.86 bits per heavy atom. The van der Waals surface area contributed by atoms with E-state index >= 15 is 0 Å². The molecule has 7 heteroatoms. The molecule has 1 saturated heterocycles. The molecule has 148 valence electrons. The van der Waals surface area contributed by atoms with Crippen LogP contribution in [0.25, 0.3) is 0 Å². The zero-order chi connectivity index (χ0) is 19.9. The Morgan fingerprint density at radius 3 is 2.57 bits per heavy atom. The number of nitrogens with two attached hydrogens (primary N) is 1. The second-order valence-electron chi connectivity index (χ2n) is 7.87. The Morgan fingerprint density at radius 1 is 1.11 bits per heavy atom. The van der Waals surface area contributed by atoms with Crippen LogP contribution in [-0.2, 0) is 10.0 Å². The van der Waals surface area contributed by atoms with Crippen LogP contribution >= 0.6 is 0 Å². The van der Waals surface area contributed by atoms with Crippen molar-refractivity contribution in [3.8, 4) is 0 Å². The molecule has 2 aromatic carbocycles. The minimum absolute atomic E-state index is 0.0787. The van der Waals surface area contributed by atoms with Crippen LogP contribution in [0.1, 0.15) is 28.8 Å². The molecule has 2 aliphatic rings. The fourth-order valence-corrected chi connectivity index (χ4v) is 5.39. The smallest absolute Gasteiger partial charge is 0.261 e. The second-order valence-corrected chi connectivity index (χ2v) is 9.56. The number of sulfonamides is 1. The van der Waals surface area contributed by atoms with Gasteiger partial charge in [-0.25, -0.2) is 8.42 Å². The van der Waals surface area contributed by atoms with Crippen LogP contribution in [0, 0.1) is 18.8 Å². The van der Waals surface area contributed by atoms with Gasteiger partial charge in [-0.3, -0.25) is 9.52 Å². The van der Waals surface area contributed by atoms with Crippen molar-refractivity contribution < 1.29 is 13.2 Å². The maximum absolute atomic E-state index is 12.9. The third-order valence-electron chi connectivity index (χ3n) is 5.89. The highest BCUT2D eigenvalue weighted by Gasteiger charge is 2.42. The zero-order valence-electron chi connectivity index (χ0n) is 15.8. The van der Waals surface area contributed by atoms with E-state index in [1.54, 1.807) is 24.3 Å². The van der Waals surface area contributed by atoms with Gasteiger partial charge in [0, 0.05) is 30.4 Å². The Labute approximate surface area is 165 Å². The second kappa shape index (κ2) is 7.22. The van der Waals surface area contributed by atoms with Crippen LogP contribution in [0.2, 0.25) is 0 Å². The molecule has 1 aliphatic carbocycles. The number of anilines is 1. The number of hydrogen-bond acceptors (Lipinski definition) is 4. The van der Waals surface area contributed by atoms with Gasteiger partial charge >= 0.3 is 0 Å². The van der Waals surface area contributed by atoms with Crippen molar-refractivity contribution in [3.63, 3.8) is 0 Å². The molecule has 1 heterocycles. The molecule has 2 fully saturated rings. The lowest BCUT2D eigenvalue weighted by Crippen LogP contribution is -2.33. The molecule has 3 N–H and O–H groups in total. The molecule has 2 aromatic rings. The molecule has 0 radical (unpaired) electrons. The molecule has 3 atom stereocenters. The predicted molar refractivity (Wildman–Crippen MR) is 109 cm³/mol. The van der Waals surface area contributed by atoms with E-state index in [4.69, 9.17) is 5.73 Å². The first-order valence-corrected chi connectivity index (χ1v) is 11.1. The van der Waals surface area contributed by atoms with Gasteiger partial charge < -0.3 is 10.6 Å². The predicted octanol–water partition coefficient (Wildman–Crippen LogP) is 2.61. The van der Waals surface area contributed by atoms with E-state index in [1.807, 2.05) is 24.0 Å². The standard InChI is InChI=1S/C21H25N3O3S/c1-14-5-8-17(9-6-14)23-28(26,27)18-4-2-3-15(11-18)21(25)24-12-16-7-10-20(22)19(16)13-24/h2-6,8-9,11,16,19-20,23H,7,10,12-13,22H2,1H3. The number of rotatable bonds is 4. The Balaban J connectivity index is 1.52. The molecule has 3 unspecified atom stereocenters. The number of aryl methyl sites for hydroxylation is 1. The first-order valence-electron chi connectivity index (χ1n) is 9.58. The number of nitrogens with zero attached hydrogens (tertiary/aromatic N) is 1. The monoisotopic (exact) mass is 399 g/mol. The van der Waals surface area contributed by atoms with Crippen molar-refractivity contribution >= 4 is 21.6 Å². The van der Waals surface area contributed by atoms with Crippen molar-refractivity contribution in [2.75, 3.05) is 17.8 Å². The van der Waals surface area contributed by atoms with E-state index in [0.29, 0.717) is 36.2 Å². The van der Waals surface area contributed by atoms with Gasteiger partial charge in [-0.05, 0) is 61.9 Å². The summed E-state index contributed by atoms with van der Waals surface area (Å²) >= 11 is 0. The summed E-state index contributed by atoms with van der Waals surface area (Å²) in [6, 6.07) is 13.5. The van der Waals surface area contributed by atoms with Gasteiger partial charge in [0.15, 0.2) is 0 Å². The Kier molecular flexibility index (Phi) is 4.89. The minimum Gasteiger partial charge on any atom is -0.338 e. The number of fused-ring (bicyclic) bond motifs is 1. The zero-order valence-corrected chi connectivity index (χ0v) is 16.7. The largest absolute Gasteiger partial charge is 0.338 e. The summed E-state index contributed by atoms with van der Waals surface area (Å²) in [6.07, 6.45) is 2.08. The topological polar surface area (TPSA) is 92.5 Å². The Bertz CT molecular complexity index is 988. The molecule has 0 aromatic heterocycles. The maximum Gasteiger partial charge on any atom is 0.261 e. The number of carbonyl (C=O) groups is 1. The molecule has 28 heavy (non-hydrogen) atoms. The number of carbonyl (C=O) groups excluding carboxylic acids is 1. The SMILES string of the molecule is Cc1ccc(NS(=O)(=O)c2cccc(C(=O)N3CC4CCC(N)C4C3)c2)cc1. The van der Waals surface area contributed by atoms with Crippen LogP contribution in [0.5, 0.6) is 0 Å². The number of hydrogen-bond donors (Lipinski definition) is 2. The Hall–Kier alpha value is -2.38. The van der Waals surface area contributed by atoms with E-state index in [1.165, 1.54) is 12.1 Å². The van der Waals surface area contributed by atoms with Gasteiger partial charge in [0.05, 0.1) is 4.90 Å². The highest BCUT2D eigenvalue weighted by Crippen LogP contribution is 2.37. The minimum atomic E-state index is -3.77. The van der Waals surface area contributed by atoms with Crippen LogP contribution in [-0.4, -0.2) is 38.4 Å². The fraction of sp³-hybridized carbons (Fsp3) is 0.381. The van der Waals surface area contributed by atoms with Gasteiger partial charge in [0.1, 0.15) is 0 Å². The summed E-state index contributed by atoms with van der Waals surface area (Å²) in [4.78, 5) is 14.8. The molecule has 0 spiro atoms. The van der Waals surface area contributed by atoms with Crippen LogP contribution in [0.3, 0.4) is 0 Å². The van der Waals surface area contributed by atoms with Gasteiger partial charge in [-0.1, -0.05) is 23.8 Å². The van der Waals surface area contributed by atoms with E-state index < -0.39 is 10.0 Å². The molecule has 1 aliphatic heterocycles. The van der Waals surface area contributed by atoms with Crippen molar-refractivity contribution in [3.05, 3.63) is 59.7 Å². The van der Waals surface area contributed by atoms with Gasteiger partial charge in [0.25, 0.3) is 15.9 Å². The quantitative estimate of drug-likeness (QED) is 0.827. The highest BCUT2D eigenvalue weighted by atomic mass is 32.2. The lowest BCUT2D eigenvalue weighted by atomic mass is 9.98. The first kappa shape index (κ1) is 19.0. The van der Waals surface area contributed by atoms with Crippen LogP contribution in [0.15, 0.2) is 53.4 Å². The number of benzene rings is 2. The third kappa shape index (κ3) is 3.64. The van der Waals surface area contributed by atoms with E-state index in [2.05, 4.69) is 4.72 Å². The summed E-state index contributed by atoms with van der Waals surface area (Å²) in [6.45, 7) is 3.30. The highest BCUT2D eigenvalue weighted by molar-refractivity contribution is 7.92. The number of amides is 1. The third-order valence-corrected chi connectivity index (χ3v) is 7.27. The van der Waals surface area contributed by atoms with Crippen molar-refractivity contribution in [2.24, 2.45) is 17.6 Å². The summed E-state index contributed by atoms with van der Waals surface area (Å²) in [5.41, 5.74) is 8.08.